The van der Waals surface area contributed by atoms with Crippen LogP contribution >= 0.6 is 0 Å². The lowest BCUT2D eigenvalue weighted by atomic mass is 10.0. The van der Waals surface area contributed by atoms with Gasteiger partial charge in [-0.15, -0.1) is 0 Å². The first-order valence-electron chi connectivity index (χ1n) is 6.82. The molecule has 110 valence electrons. The molecule has 3 heterocycles. The average Bonchev–Trinajstić information content (AvgIpc) is 2.92. The van der Waals surface area contributed by atoms with Crippen LogP contribution in [0.15, 0.2) is 0 Å². The predicted octanol–water partition coefficient (Wildman–Crippen LogP) is 0.0448. The van der Waals surface area contributed by atoms with Gasteiger partial charge in [-0.1, -0.05) is 0 Å². The zero-order valence-corrected chi connectivity index (χ0v) is 11.8. The largest absolute Gasteiger partial charge is 0.481 e. The van der Waals surface area contributed by atoms with Gasteiger partial charge in [-0.3, -0.25) is 4.79 Å². The maximum Gasteiger partial charge on any atom is 0.308 e. The number of nitrogens with zero attached hydrogens (tertiary/aromatic N) is 3. The van der Waals surface area contributed by atoms with Gasteiger partial charge < -0.3 is 5.11 Å². The molecule has 1 aromatic heterocycles. The van der Waals surface area contributed by atoms with Crippen molar-refractivity contribution in [1.29, 1.82) is 0 Å². The summed E-state index contributed by atoms with van der Waals surface area (Å²) >= 11 is 0. The SMILES string of the molecule is O=C(O)C1CCc2nc(CC3CCCS3(=O)=O)nn2C1. The fraction of sp³-hybridized carbons (Fsp3) is 0.750. The van der Waals surface area contributed by atoms with E-state index in [-0.39, 0.29) is 11.0 Å². The topological polar surface area (TPSA) is 102 Å². The number of fused-ring (bicyclic) bond motifs is 1. The fourth-order valence-electron chi connectivity index (χ4n) is 2.94. The lowest BCUT2D eigenvalue weighted by Gasteiger charge is -2.18. The summed E-state index contributed by atoms with van der Waals surface area (Å²) in [7, 11) is -2.99. The van der Waals surface area contributed by atoms with Crippen molar-refractivity contribution in [2.75, 3.05) is 5.75 Å². The minimum absolute atomic E-state index is 0.256. The lowest BCUT2D eigenvalue weighted by molar-refractivity contribution is -0.142. The van der Waals surface area contributed by atoms with E-state index in [2.05, 4.69) is 10.1 Å². The van der Waals surface area contributed by atoms with Crippen molar-refractivity contribution in [2.45, 2.75) is 43.9 Å². The number of aromatic nitrogens is 3. The molecule has 2 unspecified atom stereocenters. The van der Waals surface area contributed by atoms with Crippen molar-refractivity contribution in [1.82, 2.24) is 14.8 Å². The number of hydrogen-bond donors (Lipinski definition) is 1. The van der Waals surface area contributed by atoms with Crippen LogP contribution in [0, 0.1) is 5.92 Å². The van der Waals surface area contributed by atoms with Gasteiger partial charge in [0.05, 0.1) is 23.5 Å². The Morgan fingerprint density at radius 3 is 2.85 bits per heavy atom. The first-order valence-corrected chi connectivity index (χ1v) is 8.54. The molecule has 0 spiro atoms. The monoisotopic (exact) mass is 299 g/mol. The average molecular weight is 299 g/mol. The molecule has 0 radical (unpaired) electrons. The Morgan fingerprint density at radius 1 is 1.40 bits per heavy atom. The van der Waals surface area contributed by atoms with Gasteiger partial charge >= 0.3 is 5.97 Å². The van der Waals surface area contributed by atoms with Gasteiger partial charge in [0.1, 0.15) is 5.82 Å². The predicted molar refractivity (Wildman–Crippen MR) is 70.0 cm³/mol. The minimum atomic E-state index is -2.99. The Labute approximate surface area is 116 Å². The van der Waals surface area contributed by atoms with E-state index in [4.69, 9.17) is 5.11 Å². The van der Waals surface area contributed by atoms with E-state index in [0.717, 1.165) is 5.82 Å². The highest BCUT2D eigenvalue weighted by atomic mass is 32.2. The third kappa shape index (κ3) is 2.44. The molecule has 7 nitrogen and oxygen atoms in total. The zero-order chi connectivity index (χ0) is 14.3. The Kier molecular flexibility index (Phi) is 3.27. The third-order valence-corrected chi connectivity index (χ3v) is 6.40. The lowest BCUT2D eigenvalue weighted by Crippen LogP contribution is -2.27. The van der Waals surface area contributed by atoms with E-state index in [0.29, 0.717) is 44.5 Å². The van der Waals surface area contributed by atoms with Crippen molar-refractivity contribution in [2.24, 2.45) is 5.92 Å². The molecule has 3 rings (SSSR count). The number of carboxylic acid groups (broad SMARTS) is 1. The highest BCUT2D eigenvalue weighted by molar-refractivity contribution is 7.92. The Hall–Kier alpha value is -1.44. The molecule has 0 saturated carbocycles. The summed E-state index contributed by atoms with van der Waals surface area (Å²) in [5.74, 6) is 0.319. The van der Waals surface area contributed by atoms with E-state index >= 15 is 0 Å². The highest BCUT2D eigenvalue weighted by Gasteiger charge is 2.33. The number of aryl methyl sites for hydroxylation is 1. The van der Waals surface area contributed by atoms with Crippen LogP contribution < -0.4 is 0 Å². The molecule has 0 bridgehead atoms. The number of hydrogen-bond acceptors (Lipinski definition) is 5. The summed E-state index contributed by atoms with van der Waals surface area (Å²) in [6, 6.07) is 0. The van der Waals surface area contributed by atoms with Crippen LogP contribution in [0.25, 0.3) is 0 Å². The second-order valence-corrected chi connectivity index (χ2v) is 7.94. The van der Waals surface area contributed by atoms with E-state index in [1.807, 2.05) is 0 Å². The van der Waals surface area contributed by atoms with Crippen LogP contribution in [-0.4, -0.2) is 45.3 Å². The van der Waals surface area contributed by atoms with Crippen LogP contribution in [0.5, 0.6) is 0 Å². The smallest absolute Gasteiger partial charge is 0.308 e. The van der Waals surface area contributed by atoms with Crippen LogP contribution in [0.3, 0.4) is 0 Å². The Bertz CT molecular complexity index is 637. The maximum atomic E-state index is 11.8. The number of rotatable bonds is 3. The summed E-state index contributed by atoms with van der Waals surface area (Å²) in [6.45, 7) is 0.328. The van der Waals surface area contributed by atoms with Crippen LogP contribution in [0.2, 0.25) is 0 Å². The number of aliphatic carboxylic acids is 1. The van der Waals surface area contributed by atoms with E-state index in [1.165, 1.54) is 0 Å². The fourth-order valence-corrected chi connectivity index (χ4v) is 4.77. The van der Waals surface area contributed by atoms with Gasteiger partial charge in [-0.25, -0.2) is 18.1 Å². The first-order chi connectivity index (χ1) is 9.45. The number of carbonyl (C=O) groups is 1. The molecule has 1 aromatic rings. The second-order valence-electron chi connectivity index (χ2n) is 5.54. The summed E-state index contributed by atoms with van der Waals surface area (Å²) < 4.78 is 25.2. The van der Waals surface area contributed by atoms with Gasteiger partial charge in [-0.05, 0) is 19.3 Å². The molecular formula is C12H17N3O4S. The van der Waals surface area contributed by atoms with E-state index in [1.54, 1.807) is 4.68 Å². The number of carboxylic acids is 1. The normalized spacial score (nSPS) is 28.2. The standard InChI is InChI=1S/C12H17N3O4S/c16-12(17)8-3-4-11-13-10(14-15(11)7-8)6-9-2-1-5-20(9,18)19/h8-9H,1-7H2,(H,16,17). The van der Waals surface area contributed by atoms with Gasteiger partial charge in [-0.2, -0.15) is 5.10 Å². The molecule has 1 saturated heterocycles. The summed E-state index contributed by atoms with van der Waals surface area (Å²) in [5.41, 5.74) is 0. The quantitative estimate of drug-likeness (QED) is 0.845. The molecule has 0 aromatic carbocycles. The van der Waals surface area contributed by atoms with E-state index in [9.17, 15) is 13.2 Å². The highest BCUT2D eigenvalue weighted by Crippen LogP contribution is 2.24. The maximum absolute atomic E-state index is 11.8. The molecule has 2 atom stereocenters. The molecule has 20 heavy (non-hydrogen) atoms. The molecule has 1 N–H and O–H groups in total. The zero-order valence-electron chi connectivity index (χ0n) is 11.0. The minimum Gasteiger partial charge on any atom is -0.481 e. The van der Waals surface area contributed by atoms with Gasteiger partial charge in [0, 0.05) is 12.8 Å². The molecule has 1 fully saturated rings. The third-order valence-electron chi connectivity index (χ3n) is 4.12. The van der Waals surface area contributed by atoms with Crippen LogP contribution in [-0.2, 0) is 34.0 Å². The summed E-state index contributed by atoms with van der Waals surface area (Å²) in [6.07, 6.45) is 2.88. The van der Waals surface area contributed by atoms with Crippen molar-refractivity contribution < 1.29 is 18.3 Å². The molecule has 0 aliphatic carbocycles. The van der Waals surface area contributed by atoms with E-state index < -0.39 is 21.7 Å². The van der Waals surface area contributed by atoms with Crippen molar-refractivity contribution in [3.05, 3.63) is 11.6 Å². The Balaban J connectivity index is 1.76. The van der Waals surface area contributed by atoms with Crippen LogP contribution in [0.4, 0.5) is 0 Å². The van der Waals surface area contributed by atoms with Crippen molar-refractivity contribution in [3.63, 3.8) is 0 Å². The van der Waals surface area contributed by atoms with Gasteiger partial charge in [0.15, 0.2) is 15.7 Å². The van der Waals surface area contributed by atoms with Crippen LogP contribution in [0.1, 0.15) is 30.9 Å². The molecule has 2 aliphatic rings. The summed E-state index contributed by atoms with van der Waals surface area (Å²) in [5, 5.41) is 12.9. The van der Waals surface area contributed by atoms with Gasteiger partial charge in [0.2, 0.25) is 0 Å². The molecule has 0 amide bonds. The molecule has 8 heteroatoms. The van der Waals surface area contributed by atoms with Crippen molar-refractivity contribution in [3.8, 4) is 0 Å². The molecular weight excluding hydrogens is 282 g/mol. The van der Waals surface area contributed by atoms with Gasteiger partial charge in [0.25, 0.3) is 0 Å². The summed E-state index contributed by atoms with van der Waals surface area (Å²) in [4.78, 5) is 15.4. The molecule has 2 aliphatic heterocycles. The second kappa shape index (κ2) is 4.83. The Morgan fingerprint density at radius 2 is 2.20 bits per heavy atom. The van der Waals surface area contributed by atoms with Crippen molar-refractivity contribution >= 4 is 15.8 Å². The number of sulfone groups is 1. The first kappa shape index (κ1) is 13.5.